The summed E-state index contributed by atoms with van der Waals surface area (Å²) in [5.74, 6) is -0.469. The summed E-state index contributed by atoms with van der Waals surface area (Å²) in [6.07, 6.45) is 1.31. The van der Waals surface area contributed by atoms with Gasteiger partial charge < -0.3 is 20.5 Å². The van der Waals surface area contributed by atoms with Crippen LogP contribution < -0.4 is 15.8 Å². The van der Waals surface area contributed by atoms with Crippen LogP contribution in [0.4, 0.5) is 5.00 Å². The maximum Gasteiger partial charge on any atom is 0.341 e. The number of carbonyl (C=O) groups excluding carboxylic acids is 3. The molecule has 0 aliphatic carbocycles. The molecule has 0 spiro atoms. The molecule has 0 saturated heterocycles. The molecule has 0 aliphatic rings. The van der Waals surface area contributed by atoms with Gasteiger partial charge in [0.1, 0.15) is 10.8 Å². The number of aromatic nitrogens is 3. The van der Waals surface area contributed by atoms with Gasteiger partial charge in [0.15, 0.2) is 17.1 Å². The standard InChI is InChI=1S/C25H29N5O5S2/c1-7-10-30-22(16(5)35-17-9-8-13(2)14(3)11-17)28-29-25(30)36-12-18(31)27-23-19(24(33)34-6)15(4)20(37-23)21(26)32/h7-9,11,16H,1,10,12H2,2-6H3,(H2,26,32)(H,27,31). The van der Waals surface area contributed by atoms with E-state index in [4.69, 9.17) is 15.2 Å². The molecule has 0 fully saturated rings. The van der Waals surface area contributed by atoms with E-state index in [1.165, 1.54) is 24.4 Å². The quantitative estimate of drug-likeness (QED) is 0.208. The van der Waals surface area contributed by atoms with Gasteiger partial charge in [-0.3, -0.25) is 14.2 Å². The van der Waals surface area contributed by atoms with E-state index in [1.807, 2.05) is 43.5 Å². The maximum atomic E-state index is 12.8. The topological polar surface area (TPSA) is 138 Å². The first-order valence-electron chi connectivity index (χ1n) is 11.3. The Bertz CT molecular complexity index is 1350. The lowest BCUT2D eigenvalue weighted by Crippen LogP contribution is -2.17. The number of nitrogens with two attached hydrogens (primary N) is 1. The number of nitrogens with one attached hydrogen (secondary N) is 1. The number of carbonyl (C=O) groups is 3. The van der Waals surface area contributed by atoms with E-state index in [9.17, 15) is 14.4 Å². The van der Waals surface area contributed by atoms with E-state index in [2.05, 4.69) is 22.1 Å². The third-order valence-corrected chi connectivity index (χ3v) is 7.75. The van der Waals surface area contributed by atoms with Gasteiger partial charge in [0.25, 0.3) is 5.91 Å². The number of primary amides is 1. The molecule has 0 bridgehead atoms. The molecule has 3 aromatic rings. The lowest BCUT2D eigenvalue weighted by atomic mass is 10.1. The molecule has 3 N–H and O–H groups in total. The largest absolute Gasteiger partial charge is 0.483 e. The number of esters is 1. The molecule has 1 unspecified atom stereocenters. The molecule has 1 aromatic carbocycles. The van der Waals surface area contributed by atoms with Crippen LogP contribution in [-0.4, -0.2) is 45.4 Å². The second-order valence-electron chi connectivity index (χ2n) is 8.20. The highest BCUT2D eigenvalue weighted by atomic mass is 32.2. The van der Waals surface area contributed by atoms with Crippen molar-refractivity contribution < 1.29 is 23.9 Å². The zero-order valence-corrected chi connectivity index (χ0v) is 22.9. The Balaban J connectivity index is 1.74. The molecule has 0 saturated carbocycles. The molecule has 10 nitrogen and oxygen atoms in total. The number of amides is 2. The highest BCUT2D eigenvalue weighted by Gasteiger charge is 2.26. The highest BCUT2D eigenvalue weighted by Crippen LogP contribution is 2.34. The summed E-state index contributed by atoms with van der Waals surface area (Å²) in [5, 5.41) is 11.9. The van der Waals surface area contributed by atoms with Gasteiger partial charge in [-0.1, -0.05) is 23.9 Å². The zero-order valence-electron chi connectivity index (χ0n) is 21.3. The normalized spacial score (nSPS) is 11.6. The number of benzene rings is 1. The lowest BCUT2D eigenvalue weighted by molar-refractivity contribution is -0.113. The maximum absolute atomic E-state index is 12.8. The fraction of sp³-hybridized carbons (Fsp3) is 0.320. The van der Waals surface area contributed by atoms with Gasteiger partial charge in [-0.25, -0.2) is 4.79 Å². The number of hydrogen-bond donors (Lipinski definition) is 2. The average Bonchev–Trinajstić information content (AvgIpc) is 3.40. The van der Waals surface area contributed by atoms with Gasteiger partial charge in [0.2, 0.25) is 5.91 Å². The molecule has 3 rings (SSSR count). The van der Waals surface area contributed by atoms with Crippen molar-refractivity contribution in [3.05, 3.63) is 63.8 Å². The number of hydrogen-bond acceptors (Lipinski definition) is 9. The summed E-state index contributed by atoms with van der Waals surface area (Å²) in [4.78, 5) is 36.9. The Morgan fingerprint density at radius 3 is 2.59 bits per heavy atom. The van der Waals surface area contributed by atoms with E-state index in [0.717, 1.165) is 22.6 Å². The van der Waals surface area contributed by atoms with E-state index in [1.54, 1.807) is 13.0 Å². The molecule has 37 heavy (non-hydrogen) atoms. The van der Waals surface area contributed by atoms with Crippen LogP contribution in [-0.2, 0) is 16.1 Å². The van der Waals surface area contributed by atoms with Gasteiger partial charge in [-0.15, -0.1) is 28.1 Å². The molecule has 2 amide bonds. The first kappa shape index (κ1) is 27.9. The number of aryl methyl sites for hydroxylation is 2. The number of anilines is 1. The van der Waals surface area contributed by atoms with E-state index in [0.29, 0.717) is 23.1 Å². The Morgan fingerprint density at radius 2 is 1.97 bits per heavy atom. The van der Waals surface area contributed by atoms with Gasteiger partial charge >= 0.3 is 5.97 Å². The van der Waals surface area contributed by atoms with Crippen molar-refractivity contribution in [2.24, 2.45) is 5.73 Å². The van der Waals surface area contributed by atoms with Crippen molar-refractivity contribution >= 4 is 45.9 Å². The number of nitrogens with zero attached hydrogens (tertiary/aromatic N) is 3. The Kier molecular flexibility index (Phi) is 9.11. The van der Waals surface area contributed by atoms with E-state index < -0.39 is 23.9 Å². The zero-order chi connectivity index (χ0) is 27.3. The van der Waals surface area contributed by atoms with Crippen LogP contribution in [0.15, 0.2) is 36.0 Å². The number of thioether (sulfide) groups is 1. The monoisotopic (exact) mass is 543 g/mol. The average molecular weight is 544 g/mol. The Morgan fingerprint density at radius 1 is 1.24 bits per heavy atom. The molecule has 2 aromatic heterocycles. The minimum atomic E-state index is -0.690. The van der Waals surface area contributed by atoms with Gasteiger partial charge in [-0.2, -0.15) is 0 Å². The van der Waals surface area contributed by atoms with Crippen LogP contribution in [0.25, 0.3) is 0 Å². The predicted molar refractivity (Wildman–Crippen MR) is 143 cm³/mol. The SMILES string of the molecule is C=CCn1c(SCC(=O)Nc2sc(C(N)=O)c(C)c2C(=O)OC)nnc1C(C)Oc1ccc(C)c(C)c1. The van der Waals surface area contributed by atoms with Crippen molar-refractivity contribution in [3.63, 3.8) is 0 Å². The van der Waals surface area contributed by atoms with Crippen LogP contribution in [0.1, 0.15) is 55.6 Å². The van der Waals surface area contributed by atoms with Gasteiger partial charge in [0, 0.05) is 6.54 Å². The van der Waals surface area contributed by atoms with E-state index >= 15 is 0 Å². The van der Waals surface area contributed by atoms with Gasteiger partial charge in [-0.05, 0) is 56.5 Å². The Hall–Kier alpha value is -3.64. The molecule has 1 atom stereocenters. The van der Waals surface area contributed by atoms with Gasteiger partial charge in [0.05, 0.1) is 23.3 Å². The fourth-order valence-corrected chi connectivity index (χ4v) is 5.35. The lowest BCUT2D eigenvalue weighted by Gasteiger charge is -2.16. The van der Waals surface area contributed by atoms with Crippen LogP contribution >= 0.6 is 23.1 Å². The highest BCUT2D eigenvalue weighted by molar-refractivity contribution is 7.99. The number of rotatable bonds is 11. The summed E-state index contributed by atoms with van der Waals surface area (Å²) in [5.41, 5.74) is 8.17. The molecule has 12 heteroatoms. The minimum Gasteiger partial charge on any atom is -0.483 e. The number of allylic oxidation sites excluding steroid dienone is 1. The minimum absolute atomic E-state index is 0.0227. The van der Waals surface area contributed by atoms with E-state index in [-0.39, 0.29) is 21.2 Å². The number of ether oxygens (including phenoxy) is 2. The first-order valence-corrected chi connectivity index (χ1v) is 13.1. The van der Waals surface area contributed by atoms with Crippen LogP contribution in [0, 0.1) is 20.8 Å². The summed E-state index contributed by atoms with van der Waals surface area (Å²) >= 11 is 2.10. The fourth-order valence-electron chi connectivity index (χ4n) is 3.53. The van der Waals surface area contributed by atoms with Crippen LogP contribution in [0.3, 0.4) is 0 Å². The van der Waals surface area contributed by atoms with Crippen molar-refractivity contribution in [2.45, 2.75) is 45.5 Å². The summed E-state index contributed by atoms with van der Waals surface area (Å²) in [6.45, 7) is 11.7. The smallest absolute Gasteiger partial charge is 0.341 e. The molecule has 196 valence electrons. The van der Waals surface area contributed by atoms with Crippen LogP contribution in [0.2, 0.25) is 0 Å². The molecular weight excluding hydrogens is 514 g/mol. The summed E-state index contributed by atoms with van der Waals surface area (Å²) in [6, 6.07) is 5.88. The molecule has 0 aliphatic heterocycles. The number of thiophene rings is 1. The first-order chi connectivity index (χ1) is 17.6. The second-order valence-corrected chi connectivity index (χ2v) is 10.2. The van der Waals surface area contributed by atoms with Crippen molar-refractivity contribution in [1.82, 2.24) is 14.8 Å². The predicted octanol–water partition coefficient (Wildman–Crippen LogP) is 4.21. The Labute approximate surface area is 223 Å². The second kappa shape index (κ2) is 12.1. The third-order valence-electron chi connectivity index (χ3n) is 5.56. The van der Waals surface area contributed by atoms with Crippen molar-refractivity contribution in [1.29, 1.82) is 0 Å². The summed E-state index contributed by atoms with van der Waals surface area (Å²) in [7, 11) is 1.22. The van der Waals surface area contributed by atoms with Crippen LogP contribution in [0.5, 0.6) is 5.75 Å². The third kappa shape index (κ3) is 6.38. The number of methoxy groups -OCH3 is 1. The molecule has 2 heterocycles. The summed E-state index contributed by atoms with van der Waals surface area (Å²) < 4.78 is 12.7. The van der Waals surface area contributed by atoms with Crippen molar-refractivity contribution in [2.75, 3.05) is 18.2 Å². The van der Waals surface area contributed by atoms with Crippen molar-refractivity contribution in [3.8, 4) is 5.75 Å². The molecular formula is C25H29N5O5S2. The molecule has 0 radical (unpaired) electrons.